The van der Waals surface area contributed by atoms with E-state index in [1.807, 2.05) is 36.4 Å². The van der Waals surface area contributed by atoms with Gasteiger partial charge in [-0.3, -0.25) is 4.79 Å². The molecule has 1 aromatic heterocycles. The summed E-state index contributed by atoms with van der Waals surface area (Å²) in [5.41, 5.74) is 2.31. The first-order valence-corrected chi connectivity index (χ1v) is 9.83. The molecule has 150 valence electrons. The Balaban J connectivity index is 1.55. The molecule has 2 aromatic carbocycles. The van der Waals surface area contributed by atoms with Crippen molar-refractivity contribution < 1.29 is 14.3 Å². The molecule has 0 aliphatic carbocycles. The van der Waals surface area contributed by atoms with Gasteiger partial charge in [0.15, 0.2) is 5.60 Å². The standard InChI is InChI=1S/C23H25N3O3/c1-28-20-9-3-2-8-19(20)18-7-4-6-17(14-18)15-23(10-5-13-29-23)22(27)26-16-21-24-11-12-25-21/h2-4,6-9,11-12,14H,5,10,13,15-16H2,1H3,(H,24,25)(H,26,27)/t23-/m0/s1. The van der Waals surface area contributed by atoms with E-state index in [4.69, 9.17) is 9.47 Å². The zero-order valence-corrected chi connectivity index (χ0v) is 16.5. The molecule has 2 N–H and O–H groups in total. The van der Waals surface area contributed by atoms with E-state index in [1.54, 1.807) is 19.5 Å². The number of imidazole rings is 1. The summed E-state index contributed by atoms with van der Waals surface area (Å²) in [4.78, 5) is 20.2. The van der Waals surface area contributed by atoms with Crippen LogP contribution in [0.4, 0.5) is 0 Å². The second-order valence-corrected chi connectivity index (χ2v) is 7.24. The van der Waals surface area contributed by atoms with E-state index < -0.39 is 5.60 Å². The Kier molecular flexibility index (Phi) is 5.62. The summed E-state index contributed by atoms with van der Waals surface area (Å²) in [7, 11) is 1.67. The average molecular weight is 391 g/mol. The van der Waals surface area contributed by atoms with Gasteiger partial charge in [0, 0.05) is 31.0 Å². The van der Waals surface area contributed by atoms with Crippen LogP contribution in [-0.2, 0) is 22.5 Å². The Morgan fingerprint density at radius 2 is 2.17 bits per heavy atom. The Labute approximate surface area is 170 Å². The minimum atomic E-state index is -0.841. The molecule has 6 heteroatoms. The predicted molar refractivity (Wildman–Crippen MR) is 110 cm³/mol. The molecule has 0 radical (unpaired) electrons. The van der Waals surface area contributed by atoms with Crippen molar-refractivity contribution in [2.45, 2.75) is 31.4 Å². The van der Waals surface area contributed by atoms with Gasteiger partial charge in [0.25, 0.3) is 5.91 Å². The summed E-state index contributed by atoms with van der Waals surface area (Å²) < 4.78 is 11.5. The van der Waals surface area contributed by atoms with Crippen molar-refractivity contribution in [1.82, 2.24) is 15.3 Å². The lowest BCUT2D eigenvalue weighted by Crippen LogP contribution is -2.47. The third kappa shape index (κ3) is 4.17. The summed E-state index contributed by atoms with van der Waals surface area (Å²) in [6.45, 7) is 0.957. The van der Waals surface area contributed by atoms with Crippen molar-refractivity contribution >= 4 is 5.91 Å². The van der Waals surface area contributed by atoms with Crippen LogP contribution in [0, 0.1) is 0 Å². The number of methoxy groups -OCH3 is 1. The number of H-pyrrole nitrogens is 1. The highest BCUT2D eigenvalue weighted by molar-refractivity contribution is 5.86. The quantitative estimate of drug-likeness (QED) is 0.646. The third-order valence-electron chi connectivity index (χ3n) is 5.32. The molecule has 1 aliphatic rings. The molecule has 4 rings (SSSR count). The lowest BCUT2D eigenvalue weighted by Gasteiger charge is -2.27. The fourth-order valence-electron chi connectivity index (χ4n) is 3.88. The van der Waals surface area contributed by atoms with Crippen molar-refractivity contribution in [3.05, 3.63) is 72.3 Å². The Hall–Kier alpha value is -3.12. The number of carbonyl (C=O) groups excluding carboxylic acids is 1. The van der Waals surface area contributed by atoms with Crippen LogP contribution in [0.1, 0.15) is 24.2 Å². The lowest BCUT2D eigenvalue weighted by molar-refractivity contribution is -0.141. The first-order valence-electron chi connectivity index (χ1n) is 9.83. The number of hydrogen-bond donors (Lipinski definition) is 2. The number of nitrogens with one attached hydrogen (secondary N) is 2. The first-order chi connectivity index (χ1) is 14.2. The number of nitrogens with zero attached hydrogens (tertiary/aromatic N) is 1. The number of benzene rings is 2. The SMILES string of the molecule is COc1ccccc1-c1cccc(C[C@]2(C(=O)NCc3ncc[nH]3)CCCO2)c1. The van der Waals surface area contributed by atoms with Crippen molar-refractivity contribution in [3.8, 4) is 16.9 Å². The molecule has 3 aromatic rings. The predicted octanol–water partition coefficient (Wildman–Crippen LogP) is 3.49. The molecule has 0 saturated carbocycles. The van der Waals surface area contributed by atoms with E-state index in [-0.39, 0.29) is 5.91 Å². The fourth-order valence-corrected chi connectivity index (χ4v) is 3.88. The molecule has 29 heavy (non-hydrogen) atoms. The molecule has 0 unspecified atom stereocenters. The highest BCUT2D eigenvalue weighted by Gasteiger charge is 2.42. The second-order valence-electron chi connectivity index (χ2n) is 7.24. The van der Waals surface area contributed by atoms with Crippen LogP contribution in [0.25, 0.3) is 11.1 Å². The molecule has 6 nitrogen and oxygen atoms in total. The van der Waals surface area contributed by atoms with Crippen LogP contribution in [0.15, 0.2) is 60.9 Å². The molecule has 1 amide bonds. The van der Waals surface area contributed by atoms with E-state index in [0.29, 0.717) is 26.0 Å². The van der Waals surface area contributed by atoms with Crippen LogP contribution in [0.2, 0.25) is 0 Å². The Bertz CT molecular complexity index is 963. The highest BCUT2D eigenvalue weighted by Crippen LogP contribution is 2.33. The first kappa shape index (κ1) is 19.2. The summed E-state index contributed by atoms with van der Waals surface area (Å²) in [6, 6.07) is 16.2. The van der Waals surface area contributed by atoms with Gasteiger partial charge < -0.3 is 19.8 Å². The summed E-state index contributed by atoms with van der Waals surface area (Å²) in [5, 5.41) is 2.97. The number of amides is 1. The Morgan fingerprint density at radius 3 is 2.93 bits per heavy atom. The van der Waals surface area contributed by atoms with Gasteiger partial charge in [0.05, 0.1) is 13.7 Å². The largest absolute Gasteiger partial charge is 0.496 e. The zero-order chi connectivity index (χ0) is 20.1. The summed E-state index contributed by atoms with van der Waals surface area (Å²) in [6.07, 6.45) is 5.52. The normalized spacial score (nSPS) is 18.5. The number of aromatic amines is 1. The van der Waals surface area contributed by atoms with E-state index in [2.05, 4.69) is 27.4 Å². The topological polar surface area (TPSA) is 76.2 Å². The maximum Gasteiger partial charge on any atom is 0.252 e. The van der Waals surface area contributed by atoms with Crippen molar-refractivity contribution in [2.24, 2.45) is 0 Å². The molecule has 1 aliphatic heterocycles. The molecule has 0 spiro atoms. The van der Waals surface area contributed by atoms with E-state index in [1.165, 1.54) is 0 Å². The minimum absolute atomic E-state index is 0.0888. The van der Waals surface area contributed by atoms with Crippen LogP contribution in [-0.4, -0.2) is 35.2 Å². The summed E-state index contributed by atoms with van der Waals surface area (Å²) in [5.74, 6) is 1.46. The van der Waals surface area contributed by atoms with Crippen LogP contribution in [0.3, 0.4) is 0 Å². The van der Waals surface area contributed by atoms with Gasteiger partial charge in [-0.1, -0.05) is 42.5 Å². The van der Waals surface area contributed by atoms with Crippen LogP contribution in [0.5, 0.6) is 5.75 Å². The van der Waals surface area contributed by atoms with E-state index >= 15 is 0 Å². The molecular weight excluding hydrogens is 366 g/mol. The number of hydrogen-bond acceptors (Lipinski definition) is 4. The van der Waals surface area contributed by atoms with Gasteiger partial charge in [-0.25, -0.2) is 4.98 Å². The highest BCUT2D eigenvalue weighted by atomic mass is 16.5. The maximum atomic E-state index is 13.0. The van der Waals surface area contributed by atoms with Gasteiger partial charge in [0.2, 0.25) is 0 Å². The monoisotopic (exact) mass is 391 g/mol. The number of carbonyl (C=O) groups is 1. The number of para-hydroxylation sites is 1. The molecule has 2 heterocycles. The van der Waals surface area contributed by atoms with Gasteiger partial charge >= 0.3 is 0 Å². The fraction of sp³-hybridized carbons (Fsp3) is 0.304. The number of rotatable bonds is 7. The Morgan fingerprint density at radius 1 is 1.28 bits per heavy atom. The number of aromatic nitrogens is 2. The molecule has 1 atom stereocenters. The zero-order valence-electron chi connectivity index (χ0n) is 16.5. The smallest absolute Gasteiger partial charge is 0.252 e. The van der Waals surface area contributed by atoms with Crippen molar-refractivity contribution in [3.63, 3.8) is 0 Å². The maximum absolute atomic E-state index is 13.0. The molecule has 1 saturated heterocycles. The third-order valence-corrected chi connectivity index (χ3v) is 5.32. The second kappa shape index (κ2) is 8.49. The summed E-state index contributed by atoms with van der Waals surface area (Å²) >= 11 is 0. The molecule has 1 fully saturated rings. The van der Waals surface area contributed by atoms with Crippen molar-refractivity contribution in [1.29, 1.82) is 0 Å². The van der Waals surface area contributed by atoms with Crippen LogP contribution >= 0.6 is 0 Å². The number of ether oxygens (including phenoxy) is 2. The van der Waals surface area contributed by atoms with E-state index in [9.17, 15) is 4.79 Å². The molecular formula is C23H25N3O3. The minimum Gasteiger partial charge on any atom is -0.496 e. The molecule has 0 bridgehead atoms. The van der Waals surface area contributed by atoms with Gasteiger partial charge in [-0.05, 0) is 30.0 Å². The van der Waals surface area contributed by atoms with E-state index in [0.717, 1.165) is 34.7 Å². The average Bonchev–Trinajstić information content (AvgIpc) is 3.45. The van der Waals surface area contributed by atoms with Gasteiger partial charge in [-0.2, -0.15) is 0 Å². The van der Waals surface area contributed by atoms with Gasteiger partial charge in [0.1, 0.15) is 11.6 Å². The van der Waals surface area contributed by atoms with Gasteiger partial charge in [-0.15, -0.1) is 0 Å². The van der Waals surface area contributed by atoms with Crippen LogP contribution < -0.4 is 10.1 Å². The lowest BCUT2D eigenvalue weighted by atomic mass is 9.89. The van der Waals surface area contributed by atoms with Crippen molar-refractivity contribution in [2.75, 3.05) is 13.7 Å².